The van der Waals surface area contributed by atoms with Crippen molar-refractivity contribution >= 4 is 11.0 Å². The number of hydrogen-bond donors (Lipinski definition) is 1. The number of rotatable bonds is 4. The largest absolute Gasteiger partial charge is 0.331 e. The fourth-order valence-electron chi connectivity index (χ4n) is 2.65. The zero-order chi connectivity index (χ0) is 14.8. The van der Waals surface area contributed by atoms with Gasteiger partial charge in [-0.05, 0) is 36.2 Å². The van der Waals surface area contributed by atoms with E-state index in [-0.39, 0.29) is 11.9 Å². The average molecular weight is 283 g/mol. The summed E-state index contributed by atoms with van der Waals surface area (Å²) in [5.41, 5.74) is 9.20. The van der Waals surface area contributed by atoms with Crippen LogP contribution in [0.3, 0.4) is 0 Å². The molecule has 0 amide bonds. The number of hydrogen-bond acceptors (Lipinski definition) is 2. The molecule has 0 spiro atoms. The molecular weight excluding hydrogens is 265 g/mol. The van der Waals surface area contributed by atoms with E-state index >= 15 is 0 Å². The number of nitrogens with two attached hydrogens (primary N) is 1. The highest BCUT2D eigenvalue weighted by molar-refractivity contribution is 5.75. The molecule has 4 heteroatoms. The quantitative estimate of drug-likeness (QED) is 0.800. The molecule has 1 aromatic heterocycles. The summed E-state index contributed by atoms with van der Waals surface area (Å²) in [5, 5.41) is 0. The molecule has 3 nitrogen and oxygen atoms in total. The Bertz CT molecular complexity index is 764. The maximum absolute atomic E-state index is 13.2. The molecule has 0 bridgehead atoms. The Balaban J connectivity index is 1.77. The maximum Gasteiger partial charge on any atom is 0.123 e. The number of aromatic nitrogens is 2. The first-order valence-corrected chi connectivity index (χ1v) is 7.04. The summed E-state index contributed by atoms with van der Waals surface area (Å²) in [6.45, 7) is 0. The molecule has 0 aliphatic heterocycles. The highest BCUT2D eigenvalue weighted by atomic mass is 19.1. The van der Waals surface area contributed by atoms with Gasteiger partial charge in [-0.2, -0.15) is 0 Å². The van der Waals surface area contributed by atoms with Gasteiger partial charge in [0.15, 0.2) is 0 Å². The molecule has 0 aliphatic rings. The molecule has 0 fully saturated rings. The Morgan fingerprint density at radius 2 is 1.95 bits per heavy atom. The van der Waals surface area contributed by atoms with Gasteiger partial charge in [0.05, 0.1) is 11.0 Å². The van der Waals surface area contributed by atoms with Gasteiger partial charge in [0.1, 0.15) is 11.6 Å². The molecule has 0 aliphatic carbocycles. The number of halogens is 1. The van der Waals surface area contributed by atoms with Gasteiger partial charge in [0.25, 0.3) is 0 Å². The Morgan fingerprint density at radius 1 is 1.14 bits per heavy atom. The van der Waals surface area contributed by atoms with Gasteiger partial charge < -0.3 is 10.3 Å². The highest BCUT2D eigenvalue weighted by Gasteiger charge is 2.12. The van der Waals surface area contributed by atoms with Gasteiger partial charge in [-0.25, -0.2) is 9.37 Å². The Kier molecular flexibility index (Phi) is 3.71. The number of para-hydroxylation sites is 2. The first-order chi connectivity index (χ1) is 10.1. The molecule has 3 aromatic rings. The lowest BCUT2D eigenvalue weighted by Crippen LogP contribution is -2.27. The summed E-state index contributed by atoms with van der Waals surface area (Å²) < 4.78 is 15.3. The van der Waals surface area contributed by atoms with E-state index in [0.29, 0.717) is 12.8 Å². The third-order valence-electron chi connectivity index (χ3n) is 3.71. The summed E-state index contributed by atoms with van der Waals surface area (Å²) in [5.74, 6) is 0.738. The Morgan fingerprint density at radius 3 is 2.71 bits per heavy atom. The van der Waals surface area contributed by atoms with E-state index in [1.54, 1.807) is 6.07 Å². The number of nitrogens with zero attached hydrogens (tertiary/aromatic N) is 2. The third-order valence-corrected chi connectivity index (χ3v) is 3.71. The minimum absolute atomic E-state index is 0.0812. The molecule has 1 heterocycles. The van der Waals surface area contributed by atoms with E-state index in [9.17, 15) is 4.39 Å². The second-order valence-corrected chi connectivity index (χ2v) is 5.37. The summed E-state index contributed by atoms with van der Waals surface area (Å²) in [6, 6.07) is 14.5. The predicted molar refractivity (Wildman–Crippen MR) is 82.5 cm³/mol. The molecular formula is C17H18FN3. The van der Waals surface area contributed by atoms with Crippen LogP contribution in [-0.2, 0) is 19.9 Å². The molecule has 1 unspecified atom stereocenters. The highest BCUT2D eigenvalue weighted by Crippen LogP contribution is 2.16. The summed E-state index contributed by atoms with van der Waals surface area (Å²) in [4.78, 5) is 4.62. The van der Waals surface area contributed by atoms with Gasteiger partial charge in [0, 0.05) is 19.5 Å². The van der Waals surface area contributed by atoms with Crippen LogP contribution < -0.4 is 5.73 Å². The molecule has 0 saturated carbocycles. The zero-order valence-electron chi connectivity index (χ0n) is 12.0. The number of imidazole rings is 1. The SMILES string of the molecule is Cn1c(CC(N)Cc2cccc(F)c2)nc2ccccc21. The zero-order valence-corrected chi connectivity index (χ0v) is 12.0. The van der Waals surface area contributed by atoms with Crippen molar-refractivity contribution in [2.24, 2.45) is 12.8 Å². The van der Waals surface area contributed by atoms with Gasteiger partial charge in [0.2, 0.25) is 0 Å². The molecule has 2 aromatic carbocycles. The van der Waals surface area contributed by atoms with Crippen LogP contribution >= 0.6 is 0 Å². The van der Waals surface area contributed by atoms with Crippen molar-refractivity contribution in [1.29, 1.82) is 0 Å². The van der Waals surface area contributed by atoms with Crippen LogP contribution in [0.2, 0.25) is 0 Å². The van der Waals surface area contributed by atoms with Gasteiger partial charge >= 0.3 is 0 Å². The predicted octanol–water partition coefficient (Wildman–Crippen LogP) is 2.82. The van der Waals surface area contributed by atoms with E-state index in [1.165, 1.54) is 12.1 Å². The van der Waals surface area contributed by atoms with E-state index in [0.717, 1.165) is 22.4 Å². The van der Waals surface area contributed by atoms with Crippen LogP contribution in [0.1, 0.15) is 11.4 Å². The van der Waals surface area contributed by atoms with Crippen LogP contribution in [0.5, 0.6) is 0 Å². The van der Waals surface area contributed by atoms with Gasteiger partial charge in [-0.3, -0.25) is 0 Å². The average Bonchev–Trinajstić information content (AvgIpc) is 2.76. The molecule has 2 N–H and O–H groups in total. The Labute approximate surface area is 123 Å². The Hall–Kier alpha value is -2.20. The van der Waals surface area contributed by atoms with Crippen LogP contribution in [0.15, 0.2) is 48.5 Å². The van der Waals surface area contributed by atoms with E-state index in [1.807, 2.05) is 37.4 Å². The van der Waals surface area contributed by atoms with Crippen molar-refractivity contribution < 1.29 is 4.39 Å². The van der Waals surface area contributed by atoms with Crippen molar-refractivity contribution in [3.63, 3.8) is 0 Å². The second-order valence-electron chi connectivity index (χ2n) is 5.37. The van der Waals surface area contributed by atoms with Crippen molar-refractivity contribution in [2.45, 2.75) is 18.9 Å². The lowest BCUT2D eigenvalue weighted by Gasteiger charge is -2.11. The minimum atomic E-state index is -0.220. The lowest BCUT2D eigenvalue weighted by molar-refractivity contribution is 0.608. The summed E-state index contributed by atoms with van der Waals surface area (Å²) >= 11 is 0. The fraction of sp³-hybridized carbons (Fsp3) is 0.235. The fourth-order valence-corrected chi connectivity index (χ4v) is 2.65. The topological polar surface area (TPSA) is 43.8 Å². The third kappa shape index (κ3) is 2.95. The molecule has 1 atom stereocenters. The first-order valence-electron chi connectivity index (χ1n) is 7.04. The van der Waals surface area contributed by atoms with Crippen molar-refractivity contribution in [2.75, 3.05) is 0 Å². The first kappa shape index (κ1) is 13.8. The van der Waals surface area contributed by atoms with Crippen LogP contribution in [0, 0.1) is 5.82 Å². The smallest absolute Gasteiger partial charge is 0.123 e. The summed E-state index contributed by atoms with van der Waals surface area (Å²) in [7, 11) is 2.00. The van der Waals surface area contributed by atoms with Gasteiger partial charge in [-0.1, -0.05) is 24.3 Å². The normalized spacial score (nSPS) is 12.7. The van der Waals surface area contributed by atoms with Crippen molar-refractivity contribution in [3.8, 4) is 0 Å². The number of fused-ring (bicyclic) bond motifs is 1. The van der Waals surface area contributed by atoms with E-state index in [2.05, 4.69) is 9.55 Å². The molecule has 21 heavy (non-hydrogen) atoms. The standard InChI is InChI=1S/C17H18FN3/c1-21-16-8-3-2-7-15(16)20-17(21)11-14(19)10-12-5-4-6-13(18)9-12/h2-9,14H,10-11,19H2,1H3. The van der Waals surface area contributed by atoms with Crippen LogP contribution in [0.4, 0.5) is 4.39 Å². The lowest BCUT2D eigenvalue weighted by atomic mass is 10.0. The monoisotopic (exact) mass is 283 g/mol. The maximum atomic E-state index is 13.2. The summed E-state index contributed by atoms with van der Waals surface area (Å²) in [6.07, 6.45) is 1.31. The van der Waals surface area contributed by atoms with Crippen molar-refractivity contribution in [3.05, 3.63) is 65.7 Å². The van der Waals surface area contributed by atoms with E-state index < -0.39 is 0 Å². The molecule has 0 radical (unpaired) electrons. The molecule has 3 rings (SSSR count). The molecule has 0 saturated heterocycles. The van der Waals surface area contributed by atoms with Crippen LogP contribution in [-0.4, -0.2) is 15.6 Å². The van der Waals surface area contributed by atoms with Crippen molar-refractivity contribution in [1.82, 2.24) is 9.55 Å². The minimum Gasteiger partial charge on any atom is -0.331 e. The van der Waals surface area contributed by atoms with Crippen LogP contribution in [0.25, 0.3) is 11.0 Å². The number of benzene rings is 2. The number of aryl methyl sites for hydroxylation is 1. The van der Waals surface area contributed by atoms with E-state index in [4.69, 9.17) is 5.73 Å². The van der Waals surface area contributed by atoms with Gasteiger partial charge in [-0.15, -0.1) is 0 Å². The molecule has 108 valence electrons. The second kappa shape index (κ2) is 5.66.